The molecule has 0 heterocycles. The molecule has 0 fully saturated rings. The normalized spacial score (nSPS) is 12.4. The van der Waals surface area contributed by atoms with Crippen molar-refractivity contribution < 1.29 is 23.1 Å². The molecule has 128 valence electrons. The molecule has 1 aromatic rings. The Balaban J connectivity index is 2.53. The van der Waals surface area contributed by atoms with Crippen LogP contribution in [0.5, 0.6) is 0 Å². The third-order valence-electron chi connectivity index (χ3n) is 2.91. The first kappa shape index (κ1) is 19.3. The van der Waals surface area contributed by atoms with Crippen LogP contribution in [0.25, 0.3) is 0 Å². The van der Waals surface area contributed by atoms with Gasteiger partial charge in [-0.2, -0.15) is 11.8 Å². The van der Waals surface area contributed by atoms with Crippen molar-refractivity contribution in [2.45, 2.75) is 23.9 Å². The predicted octanol–water partition coefficient (Wildman–Crippen LogP) is -0.995. The van der Waals surface area contributed by atoms with Crippen LogP contribution in [-0.2, 0) is 21.4 Å². The molecule has 4 N–H and O–H groups in total. The quantitative estimate of drug-likeness (QED) is 0.543. The van der Waals surface area contributed by atoms with Gasteiger partial charge in [0.1, 0.15) is 0 Å². The zero-order chi connectivity index (χ0) is 17.5. The van der Waals surface area contributed by atoms with Gasteiger partial charge in [0, 0.05) is 6.54 Å². The van der Waals surface area contributed by atoms with Crippen LogP contribution < -0.4 is 20.9 Å². The summed E-state index contributed by atoms with van der Waals surface area (Å²) in [5.41, 5.74) is 0.640. The second-order valence-electron chi connectivity index (χ2n) is 4.67. The summed E-state index contributed by atoms with van der Waals surface area (Å²) in [5, 5.41) is 20.7. The Morgan fingerprint density at radius 2 is 1.91 bits per heavy atom. The molecule has 0 radical (unpaired) electrons. The van der Waals surface area contributed by atoms with Gasteiger partial charge >= 0.3 is 6.03 Å². The van der Waals surface area contributed by atoms with Gasteiger partial charge in [0.15, 0.2) is 0 Å². The van der Waals surface area contributed by atoms with Gasteiger partial charge in [-0.25, -0.2) is 18.4 Å². The lowest BCUT2D eigenvalue weighted by molar-refractivity contribution is -0.308. The van der Waals surface area contributed by atoms with E-state index in [0.717, 1.165) is 0 Å². The van der Waals surface area contributed by atoms with Gasteiger partial charge in [0.25, 0.3) is 0 Å². The van der Waals surface area contributed by atoms with E-state index < -0.39 is 28.1 Å². The van der Waals surface area contributed by atoms with Crippen molar-refractivity contribution in [2.24, 2.45) is 5.14 Å². The first-order valence-electron chi connectivity index (χ1n) is 6.60. The second-order valence-corrected chi connectivity index (χ2v) is 7.22. The van der Waals surface area contributed by atoms with Crippen LogP contribution in [0.3, 0.4) is 0 Å². The molecule has 0 aliphatic heterocycles. The SMILES string of the molecule is CSCC[C@H](NC(=O)NCc1ccc(S(N)(=O)=O)cc1)C(=O)[O-]. The monoisotopic (exact) mass is 360 g/mol. The van der Waals surface area contributed by atoms with Crippen LogP contribution in [0.1, 0.15) is 12.0 Å². The predicted molar refractivity (Wildman–Crippen MR) is 85.0 cm³/mol. The highest BCUT2D eigenvalue weighted by atomic mass is 32.2. The molecule has 0 unspecified atom stereocenters. The Hall–Kier alpha value is -1.78. The number of hydrogen-bond acceptors (Lipinski definition) is 6. The molecule has 0 bridgehead atoms. The molecular formula is C13H18N3O5S2-. The lowest BCUT2D eigenvalue weighted by atomic mass is 10.2. The highest BCUT2D eigenvalue weighted by Gasteiger charge is 2.13. The number of nitrogens with one attached hydrogen (secondary N) is 2. The van der Waals surface area contributed by atoms with Gasteiger partial charge in [0.2, 0.25) is 10.0 Å². The van der Waals surface area contributed by atoms with Crippen LogP contribution in [0.15, 0.2) is 29.2 Å². The van der Waals surface area contributed by atoms with E-state index in [1.807, 2.05) is 6.26 Å². The molecule has 1 rings (SSSR count). The molecule has 0 aliphatic carbocycles. The van der Waals surface area contributed by atoms with E-state index >= 15 is 0 Å². The Kier molecular flexibility index (Phi) is 7.33. The van der Waals surface area contributed by atoms with Gasteiger partial charge in [-0.15, -0.1) is 0 Å². The number of carboxylic acid groups (broad SMARTS) is 1. The highest BCUT2D eigenvalue weighted by molar-refractivity contribution is 7.98. The van der Waals surface area contributed by atoms with Gasteiger partial charge in [-0.1, -0.05) is 12.1 Å². The van der Waals surface area contributed by atoms with Crippen LogP contribution in [0, 0.1) is 0 Å². The van der Waals surface area contributed by atoms with Crippen LogP contribution >= 0.6 is 11.8 Å². The maximum Gasteiger partial charge on any atom is 0.315 e. The summed E-state index contributed by atoms with van der Waals surface area (Å²) in [6.45, 7) is 0.110. The number of primary sulfonamides is 1. The summed E-state index contributed by atoms with van der Waals surface area (Å²) < 4.78 is 22.2. The molecule has 8 nitrogen and oxygen atoms in total. The van der Waals surface area contributed by atoms with Crippen molar-refractivity contribution in [3.05, 3.63) is 29.8 Å². The second kappa shape index (κ2) is 8.75. The topological polar surface area (TPSA) is 141 Å². The number of amides is 2. The lowest BCUT2D eigenvalue weighted by Gasteiger charge is -2.19. The first-order chi connectivity index (χ1) is 10.7. The Morgan fingerprint density at radius 1 is 1.30 bits per heavy atom. The zero-order valence-corrected chi connectivity index (χ0v) is 14.1. The standard InChI is InChI=1S/C13H19N3O5S2/c1-22-7-6-11(12(17)18)16-13(19)15-8-9-2-4-10(5-3-9)23(14,20)21/h2-5,11H,6-8H2,1H3,(H,17,18)(H2,14,20,21)(H2,15,16,19)/p-1/t11-/m0/s1. The Morgan fingerprint density at radius 3 is 2.39 bits per heavy atom. The maximum atomic E-state index is 11.7. The fourth-order valence-corrected chi connectivity index (χ4v) is 2.66. The van der Waals surface area contributed by atoms with E-state index in [2.05, 4.69) is 10.6 Å². The molecule has 0 saturated carbocycles. The first-order valence-corrected chi connectivity index (χ1v) is 9.54. The van der Waals surface area contributed by atoms with E-state index in [9.17, 15) is 23.1 Å². The number of benzene rings is 1. The number of thioether (sulfide) groups is 1. The van der Waals surface area contributed by atoms with Crippen LogP contribution in [0.4, 0.5) is 4.79 Å². The number of nitrogens with two attached hydrogens (primary N) is 1. The third kappa shape index (κ3) is 6.89. The van der Waals surface area contributed by atoms with Crippen molar-refractivity contribution in [2.75, 3.05) is 12.0 Å². The van der Waals surface area contributed by atoms with E-state index in [1.54, 1.807) is 0 Å². The number of carboxylic acids is 1. The average molecular weight is 360 g/mol. The largest absolute Gasteiger partial charge is 0.548 e. The number of carbonyl (C=O) groups is 2. The third-order valence-corrected chi connectivity index (χ3v) is 4.48. The van der Waals surface area contributed by atoms with Gasteiger partial charge < -0.3 is 20.5 Å². The molecule has 0 spiro atoms. The molecular weight excluding hydrogens is 342 g/mol. The lowest BCUT2D eigenvalue weighted by Crippen LogP contribution is -2.51. The fourth-order valence-electron chi connectivity index (χ4n) is 1.67. The van der Waals surface area contributed by atoms with E-state index in [-0.39, 0.29) is 17.9 Å². The van der Waals surface area contributed by atoms with Crippen molar-refractivity contribution in [1.29, 1.82) is 0 Å². The minimum Gasteiger partial charge on any atom is -0.548 e. The van der Waals surface area contributed by atoms with Gasteiger partial charge in [0.05, 0.1) is 16.9 Å². The molecule has 10 heteroatoms. The van der Waals surface area contributed by atoms with Crippen molar-refractivity contribution in [3.8, 4) is 0 Å². The molecule has 23 heavy (non-hydrogen) atoms. The Bertz CT molecular complexity index is 646. The van der Waals surface area contributed by atoms with Crippen molar-refractivity contribution in [1.82, 2.24) is 10.6 Å². The van der Waals surface area contributed by atoms with Crippen molar-refractivity contribution >= 4 is 33.8 Å². The number of carbonyl (C=O) groups excluding carboxylic acids is 2. The average Bonchev–Trinajstić information content (AvgIpc) is 2.48. The number of rotatable bonds is 8. The van der Waals surface area contributed by atoms with Crippen LogP contribution in [-0.4, -0.2) is 38.5 Å². The molecule has 0 aromatic heterocycles. The van der Waals surface area contributed by atoms with Gasteiger partial charge in [-0.3, -0.25) is 0 Å². The molecule has 2 amide bonds. The van der Waals surface area contributed by atoms with Crippen LogP contribution in [0.2, 0.25) is 0 Å². The minimum absolute atomic E-state index is 0.0280. The summed E-state index contributed by atoms with van der Waals surface area (Å²) in [4.78, 5) is 22.6. The number of hydrogen-bond donors (Lipinski definition) is 3. The minimum atomic E-state index is -3.76. The highest BCUT2D eigenvalue weighted by Crippen LogP contribution is 2.08. The summed E-state index contributed by atoms with van der Waals surface area (Å²) in [5.74, 6) is -0.764. The summed E-state index contributed by atoms with van der Waals surface area (Å²) in [6.07, 6.45) is 2.09. The number of sulfonamides is 1. The summed E-state index contributed by atoms with van der Waals surface area (Å²) in [7, 11) is -3.76. The molecule has 1 atom stereocenters. The molecule has 0 saturated heterocycles. The zero-order valence-electron chi connectivity index (χ0n) is 12.4. The summed E-state index contributed by atoms with van der Waals surface area (Å²) in [6, 6.07) is 3.95. The number of urea groups is 1. The van der Waals surface area contributed by atoms with Gasteiger partial charge in [-0.05, 0) is 36.1 Å². The van der Waals surface area contributed by atoms with E-state index in [4.69, 9.17) is 5.14 Å². The molecule has 0 aliphatic rings. The van der Waals surface area contributed by atoms with Crippen molar-refractivity contribution in [3.63, 3.8) is 0 Å². The fraction of sp³-hybridized carbons (Fsp3) is 0.385. The summed E-state index contributed by atoms with van der Waals surface area (Å²) >= 11 is 1.47. The van der Waals surface area contributed by atoms with E-state index in [0.29, 0.717) is 11.3 Å². The number of aliphatic carboxylic acids is 1. The smallest absolute Gasteiger partial charge is 0.315 e. The molecule has 1 aromatic carbocycles. The maximum absolute atomic E-state index is 11.7. The van der Waals surface area contributed by atoms with E-state index in [1.165, 1.54) is 36.0 Å². The Labute approximate surface area is 138 Å².